The molecule has 0 saturated carbocycles. The maximum Gasteiger partial charge on any atom is 0.246 e. The summed E-state index contributed by atoms with van der Waals surface area (Å²) in [5, 5.41) is 11.5. The van der Waals surface area contributed by atoms with Crippen LogP contribution in [0.5, 0.6) is 0 Å². The molecule has 8 N–H and O–H groups in total. The molecule has 14 heteroatoms. The fourth-order valence-corrected chi connectivity index (χ4v) is 7.96. The number of pyridine rings is 1. The minimum absolute atomic E-state index is 0.142. The Bertz CT molecular complexity index is 1950. The van der Waals surface area contributed by atoms with Crippen LogP contribution >= 0.6 is 23.4 Å². The first-order chi connectivity index (χ1) is 25.3. The molecule has 0 saturated heterocycles. The van der Waals surface area contributed by atoms with Crippen LogP contribution in [0.15, 0.2) is 76.9 Å². The molecule has 52 heavy (non-hydrogen) atoms. The number of nitrogens with one attached hydrogen (secondary N) is 4. The molecule has 2 aliphatic heterocycles. The Morgan fingerprint density at radius 1 is 1.04 bits per heavy atom. The summed E-state index contributed by atoms with van der Waals surface area (Å²) in [4.78, 5) is 52.3. The smallest absolute Gasteiger partial charge is 0.246 e. The molecule has 4 aromatic rings. The average molecular weight is 745 g/mol. The highest BCUT2D eigenvalue weighted by Gasteiger charge is 2.34. The number of carbonyl (C=O) groups excluding carboxylic acids is 3. The zero-order valence-corrected chi connectivity index (χ0v) is 30.7. The van der Waals surface area contributed by atoms with Crippen LogP contribution in [0.25, 0.3) is 16.5 Å². The van der Waals surface area contributed by atoms with Crippen LogP contribution in [0.1, 0.15) is 41.5 Å². The van der Waals surface area contributed by atoms with Crippen LogP contribution in [0, 0.1) is 0 Å². The number of rotatable bonds is 7. The Hall–Kier alpha value is -4.24. The fourth-order valence-electron chi connectivity index (χ4n) is 6.61. The Balaban J connectivity index is 1.43. The highest BCUT2D eigenvalue weighted by Crippen LogP contribution is 2.39. The third-order valence-electron chi connectivity index (χ3n) is 9.56. The van der Waals surface area contributed by atoms with Crippen molar-refractivity contribution in [2.75, 3.05) is 33.4 Å². The molecule has 0 unspecified atom stereocenters. The summed E-state index contributed by atoms with van der Waals surface area (Å²) in [6.07, 6.45) is 7.61. The van der Waals surface area contributed by atoms with Crippen molar-refractivity contribution in [1.82, 2.24) is 30.8 Å². The van der Waals surface area contributed by atoms with Crippen molar-refractivity contribution in [2.24, 2.45) is 11.5 Å². The number of para-hydroxylation sites is 1. The zero-order chi connectivity index (χ0) is 36.6. The molecule has 3 atom stereocenters. The van der Waals surface area contributed by atoms with Gasteiger partial charge in [-0.2, -0.15) is 0 Å². The third kappa shape index (κ3) is 8.68. The number of nitrogens with two attached hydrogens (primary N) is 2. The molecule has 3 amide bonds. The monoisotopic (exact) mass is 744 g/mol. The van der Waals surface area contributed by atoms with Gasteiger partial charge >= 0.3 is 0 Å². The van der Waals surface area contributed by atoms with Gasteiger partial charge in [0.05, 0.1) is 24.3 Å². The maximum atomic E-state index is 14.4. The largest absolute Gasteiger partial charge is 0.377 e. The number of ether oxygens (including phenoxy) is 1. The number of likely N-dealkylation sites (N-methyl/N-ethyl adjacent to an activating group) is 1. The van der Waals surface area contributed by atoms with Crippen molar-refractivity contribution >= 4 is 57.6 Å². The van der Waals surface area contributed by atoms with Crippen LogP contribution < -0.4 is 27.4 Å². The normalized spacial score (nSPS) is 20.8. The van der Waals surface area contributed by atoms with Gasteiger partial charge in [0.1, 0.15) is 17.1 Å². The summed E-state index contributed by atoms with van der Waals surface area (Å²) in [7, 11) is 1.58. The lowest BCUT2D eigenvalue weighted by atomic mass is 9.99. The molecule has 274 valence electrons. The fraction of sp³-hybridized carbons (Fsp3) is 0.368. The van der Waals surface area contributed by atoms with Crippen LogP contribution in [-0.2, 0) is 38.6 Å². The first kappa shape index (κ1) is 37.5. The van der Waals surface area contributed by atoms with E-state index in [2.05, 4.69) is 33.1 Å². The van der Waals surface area contributed by atoms with Crippen molar-refractivity contribution in [3.05, 3.63) is 94.3 Å². The molecule has 0 fully saturated rings. The first-order valence-electron chi connectivity index (χ1n) is 17.5. The van der Waals surface area contributed by atoms with E-state index in [1.807, 2.05) is 48.7 Å². The van der Waals surface area contributed by atoms with Crippen LogP contribution in [0.3, 0.4) is 0 Å². The number of benzene rings is 2. The molecule has 0 aliphatic carbocycles. The van der Waals surface area contributed by atoms with Crippen molar-refractivity contribution < 1.29 is 19.1 Å². The molecule has 2 aromatic carbocycles. The predicted octanol–water partition coefficient (Wildman–Crippen LogP) is 3.51. The highest BCUT2D eigenvalue weighted by molar-refractivity contribution is 7.99. The minimum Gasteiger partial charge on any atom is -0.377 e. The molecular weight excluding hydrogens is 700 g/mol. The minimum atomic E-state index is -1.06. The Labute approximate surface area is 312 Å². The SMILES string of the molecule is CN1C(=O)[C@H](CN)NC(=O)[C@H](CCCN)NCc2cccnc2Sc2c(Cl)cc(C3=CCOCC3)cc2CNC(=O)[C@@H]1Cc1c[nH]c2ccccc12. The van der Waals surface area contributed by atoms with Crippen LogP contribution in [0.4, 0.5) is 0 Å². The average Bonchev–Trinajstić information content (AvgIpc) is 3.58. The number of carbonyl (C=O) groups is 3. The number of hydrogen-bond donors (Lipinski definition) is 6. The molecule has 6 rings (SSSR count). The lowest BCUT2D eigenvalue weighted by Gasteiger charge is -2.31. The van der Waals surface area contributed by atoms with Gasteiger partial charge in [-0.3, -0.25) is 14.4 Å². The second-order valence-electron chi connectivity index (χ2n) is 13.0. The van der Waals surface area contributed by atoms with E-state index in [-0.39, 0.29) is 31.3 Å². The summed E-state index contributed by atoms with van der Waals surface area (Å²) in [5.41, 5.74) is 17.5. The number of fused-ring (bicyclic) bond motifs is 3. The lowest BCUT2D eigenvalue weighted by Crippen LogP contribution is -2.59. The van der Waals surface area contributed by atoms with E-state index in [9.17, 15) is 14.4 Å². The lowest BCUT2D eigenvalue weighted by molar-refractivity contribution is -0.141. The number of amides is 3. The summed E-state index contributed by atoms with van der Waals surface area (Å²) in [6, 6.07) is 12.9. The van der Waals surface area contributed by atoms with Gasteiger partial charge in [-0.25, -0.2) is 4.98 Å². The maximum absolute atomic E-state index is 14.4. The van der Waals surface area contributed by atoms with E-state index in [4.69, 9.17) is 32.8 Å². The Morgan fingerprint density at radius 3 is 2.67 bits per heavy atom. The molecule has 0 radical (unpaired) electrons. The van der Waals surface area contributed by atoms with Crippen molar-refractivity contribution in [3.63, 3.8) is 0 Å². The molecule has 4 heterocycles. The number of H-pyrrole nitrogens is 1. The predicted molar refractivity (Wildman–Crippen MR) is 204 cm³/mol. The van der Waals surface area contributed by atoms with Gasteiger partial charge in [-0.15, -0.1) is 0 Å². The summed E-state index contributed by atoms with van der Waals surface area (Å²) < 4.78 is 5.55. The zero-order valence-electron chi connectivity index (χ0n) is 29.1. The van der Waals surface area contributed by atoms with Crippen molar-refractivity contribution in [3.8, 4) is 0 Å². The molecule has 0 bridgehead atoms. The quantitative estimate of drug-likeness (QED) is 0.165. The number of nitrogens with zero attached hydrogens (tertiary/aromatic N) is 2. The Morgan fingerprint density at radius 2 is 1.88 bits per heavy atom. The van der Waals surface area contributed by atoms with Gasteiger partial charge in [0.15, 0.2) is 0 Å². The molecule has 2 aromatic heterocycles. The van der Waals surface area contributed by atoms with Crippen molar-refractivity contribution in [2.45, 2.75) is 66.8 Å². The van der Waals surface area contributed by atoms with Gasteiger partial charge < -0.3 is 42.0 Å². The van der Waals surface area contributed by atoms with E-state index in [0.29, 0.717) is 49.2 Å². The van der Waals surface area contributed by atoms with E-state index in [0.717, 1.165) is 50.0 Å². The topological polar surface area (TPSA) is 180 Å². The molecular formula is C38H45ClN8O4S. The number of aromatic nitrogens is 2. The second-order valence-corrected chi connectivity index (χ2v) is 14.4. The summed E-state index contributed by atoms with van der Waals surface area (Å²) in [6.45, 7) is 1.83. The van der Waals surface area contributed by atoms with E-state index < -0.39 is 24.0 Å². The highest BCUT2D eigenvalue weighted by atomic mass is 35.5. The van der Waals surface area contributed by atoms with Crippen LogP contribution in [-0.4, -0.2) is 84.1 Å². The standard InChI is InChI=1S/C38H45ClN8O4S/c1-47-33(18-26-21-43-30-8-3-2-7-28(26)30)36(49)45-22-27-16-25(23-10-14-51-15-11-23)17-29(39)34(27)52-37-24(6-5-13-42-37)20-44-31(9-4-12-40)35(48)46-32(19-41)38(47)50/h2-3,5-8,10,13,16-17,21,31-33,43-44H,4,9,11-12,14-15,18-20,22,40-41H2,1H3,(H,45,49)(H,46,48)/t31-,32-,33-/m0/s1. The number of hydrogen-bond acceptors (Lipinski definition) is 9. The van der Waals surface area contributed by atoms with Gasteiger partial charge in [0.25, 0.3) is 0 Å². The second kappa shape index (κ2) is 17.5. The van der Waals surface area contributed by atoms with Gasteiger partial charge in [-0.05, 0) is 77.9 Å². The van der Waals surface area contributed by atoms with E-state index in [1.54, 1.807) is 13.2 Å². The number of aromatic amines is 1. The van der Waals surface area contributed by atoms with Crippen LogP contribution in [0.2, 0.25) is 5.02 Å². The van der Waals surface area contributed by atoms with E-state index >= 15 is 0 Å². The summed E-state index contributed by atoms with van der Waals surface area (Å²) >= 11 is 8.48. The Kier molecular flexibility index (Phi) is 12.6. The molecule has 0 spiro atoms. The molecule has 2 aliphatic rings. The number of halogens is 1. The van der Waals surface area contributed by atoms with Gasteiger partial charge in [-0.1, -0.05) is 53.7 Å². The third-order valence-corrected chi connectivity index (χ3v) is 11.2. The van der Waals surface area contributed by atoms with E-state index in [1.165, 1.54) is 16.7 Å². The molecule has 12 nitrogen and oxygen atoms in total. The van der Waals surface area contributed by atoms with Gasteiger partial charge in [0, 0.05) is 61.3 Å². The summed E-state index contributed by atoms with van der Waals surface area (Å²) in [5.74, 6) is -1.22. The first-order valence-corrected chi connectivity index (χ1v) is 18.7. The van der Waals surface area contributed by atoms with Crippen molar-refractivity contribution in [1.29, 1.82) is 0 Å². The van der Waals surface area contributed by atoms with Gasteiger partial charge in [0.2, 0.25) is 17.7 Å².